The van der Waals surface area contributed by atoms with Crippen LogP contribution in [0.25, 0.3) is 0 Å². The molecule has 78 valence electrons. The molecule has 0 spiro atoms. The molecular weight excluding hydrogens is 195 g/mol. The number of hydrogen-bond donors (Lipinski definition) is 3. The first-order valence-electron chi connectivity index (χ1n) is 4.02. The van der Waals surface area contributed by atoms with E-state index in [0.717, 1.165) is 0 Å². The first-order chi connectivity index (χ1) is 6.35. The van der Waals surface area contributed by atoms with Crippen LogP contribution in [0.2, 0.25) is 0 Å². The predicted molar refractivity (Wildman–Crippen MR) is 44.9 cm³/mol. The first-order valence-corrected chi connectivity index (χ1v) is 5.44. The second-order valence-corrected chi connectivity index (χ2v) is 3.65. The van der Waals surface area contributed by atoms with Crippen LogP contribution in [-0.4, -0.2) is 70.1 Å². The molecule has 0 aromatic rings. The largest absolute Gasteiger partial charge is 0.905 e. The molecule has 0 fully saturated rings. The summed E-state index contributed by atoms with van der Waals surface area (Å²) >= 11 is -2.27. The van der Waals surface area contributed by atoms with E-state index in [-0.39, 0.29) is 39.6 Å². The Balaban J connectivity index is 3.47. The van der Waals surface area contributed by atoms with Crippen LogP contribution in [0.15, 0.2) is 0 Å². The van der Waals surface area contributed by atoms with E-state index in [1.54, 1.807) is 0 Å². The molecule has 0 heterocycles. The molecule has 0 rings (SSSR count). The fraction of sp³-hybridized carbons (Fsp3) is 1.00. The van der Waals surface area contributed by atoms with E-state index in [2.05, 4.69) is 0 Å². The molecule has 0 radical (unpaired) electrons. The summed E-state index contributed by atoms with van der Waals surface area (Å²) in [6, 6.07) is 0. The molecule has 0 saturated carbocycles. The SMILES string of the molecule is OCC[O][Al]([O]CCO)[O]CCO. The highest BCUT2D eigenvalue weighted by atomic mass is 27.3. The maximum atomic E-state index is 8.45. The lowest BCUT2D eigenvalue weighted by Gasteiger charge is -2.11. The minimum Gasteiger partial charge on any atom is -0.452 e. The van der Waals surface area contributed by atoms with Crippen LogP contribution in [0.4, 0.5) is 0 Å². The zero-order valence-electron chi connectivity index (χ0n) is 7.39. The number of hydrogen-bond acceptors (Lipinski definition) is 6. The summed E-state index contributed by atoms with van der Waals surface area (Å²) in [6.45, 7) is 0.132. The number of rotatable bonds is 9. The van der Waals surface area contributed by atoms with Crippen LogP contribution in [-0.2, 0) is 11.4 Å². The predicted octanol–water partition coefficient (Wildman–Crippen LogP) is -2.00. The van der Waals surface area contributed by atoms with E-state index >= 15 is 0 Å². The quantitative estimate of drug-likeness (QED) is 0.381. The van der Waals surface area contributed by atoms with E-state index in [1.807, 2.05) is 0 Å². The van der Waals surface area contributed by atoms with E-state index in [0.29, 0.717) is 0 Å². The zero-order chi connectivity index (χ0) is 9.94. The summed E-state index contributed by atoms with van der Waals surface area (Å²) in [5.41, 5.74) is 0. The van der Waals surface area contributed by atoms with Crippen molar-refractivity contribution in [1.82, 2.24) is 0 Å². The van der Waals surface area contributed by atoms with Gasteiger partial charge in [0.1, 0.15) is 0 Å². The zero-order valence-corrected chi connectivity index (χ0v) is 8.54. The number of aliphatic hydroxyl groups is 3. The van der Waals surface area contributed by atoms with Crippen molar-refractivity contribution in [2.75, 3.05) is 39.6 Å². The molecule has 0 bridgehead atoms. The lowest BCUT2D eigenvalue weighted by Crippen LogP contribution is -2.30. The highest BCUT2D eigenvalue weighted by Gasteiger charge is 2.30. The fourth-order valence-corrected chi connectivity index (χ4v) is 1.77. The van der Waals surface area contributed by atoms with Gasteiger partial charge < -0.3 is 26.7 Å². The highest BCUT2D eigenvalue weighted by molar-refractivity contribution is 6.36. The van der Waals surface area contributed by atoms with Crippen molar-refractivity contribution in [3.63, 3.8) is 0 Å². The summed E-state index contributed by atoms with van der Waals surface area (Å²) in [5, 5.41) is 25.4. The third kappa shape index (κ3) is 8.62. The Bertz CT molecular complexity index is 84.1. The third-order valence-corrected chi connectivity index (χ3v) is 2.56. The molecule has 0 atom stereocenters. The Hall–Kier alpha value is 0.292. The van der Waals surface area contributed by atoms with Gasteiger partial charge in [-0.1, -0.05) is 0 Å². The van der Waals surface area contributed by atoms with E-state index in [1.165, 1.54) is 0 Å². The number of aliphatic hydroxyl groups excluding tert-OH is 3. The fourth-order valence-electron chi connectivity index (χ4n) is 0.591. The lowest BCUT2D eigenvalue weighted by molar-refractivity contribution is 0.0552. The van der Waals surface area contributed by atoms with Crippen LogP contribution in [0.1, 0.15) is 0 Å². The van der Waals surface area contributed by atoms with Crippen molar-refractivity contribution in [3.05, 3.63) is 0 Å². The minimum atomic E-state index is -2.27. The molecule has 0 aromatic carbocycles. The van der Waals surface area contributed by atoms with Crippen molar-refractivity contribution in [3.8, 4) is 0 Å². The molecule has 0 aliphatic heterocycles. The second-order valence-electron chi connectivity index (χ2n) is 2.07. The molecule has 3 N–H and O–H groups in total. The monoisotopic (exact) mass is 210 g/mol. The maximum absolute atomic E-state index is 8.45. The standard InChI is InChI=1S/3C2H5O2.Al/c3*3-1-2-4;/h3*3H,1-2H2;/q3*-1;+3. The van der Waals surface area contributed by atoms with Gasteiger partial charge in [0, 0.05) is 19.8 Å². The molecule has 0 aromatic heterocycles. The van der Waals surface area contributed by atoms with Crippen LogP contribution in [0.5, 0.6) is 0 Å². The summed E-state index contributed by atoms with van der Waals surface area (Å²) in [6.07, 6.45) is 0. The highest BCUT2D eigenvalue weighted by Crippen LogP contribution is 1.91. The average molecular weight is 210 g/mol. The molecule has 0 unspecified atom stereocenters. The Labute approximate surface area is 82.0 Å². The smallest absolute Gasteiger partial charge is 0.452 e. The van der Waals surface area contributed by atoms with Crippen molar-refractivity contribution in [2.45, 2.75) is 0 Å². The van der Waals surface area contributed by atoms with Crippen LogP contribution >= 0.6 is 0 Å². The van der Waals surface area contributed by atoms with Gasteiger partial charge in [0.05, 0.1) is 19.8 Å². The van der Waals surface area contributed by atoms with Gasteiger partial charge in [-0.15, -0.1) is 0 Å². The third-order valence-electron chi connectivity index (χ3n) is 1.04. The molecule has 0 saturated heterocycles. The van der Waals surface area contributed by atoms with Gasteiger partial charge in [0.15, 0.2) is 0 Å². The Morgan fingerprint density at radius 1 is 0.692 bits per heavy atom. The molecule has 6 nitrogen and oxygen atoms in total. The Morgan fingerprint density at radius 3 is 1.23 bits per heavy atom. The van der Waals surface area contributed by atoms with Crippen molar-refractivity contribution in [2.24, 2.45) is 0 Å². The average Bonchev–Trinajstić information content (AvgIpc) is 2.17. The molecular formula is C6H15AlO6. The van der Waals surface area contributed by atoms with Gasteiger partial charge in [0.2, 0.25) is 0 Å². The van der Waals surface area contributed by atoms with Crippen LogP contribution in [0, 0.1) is 0 Å². The summed E-state index contributed by atoms with van der Waals surface area (Å²) in [5.74, 6) is 0. The normalized spacial score (nSPS) is 10.4. The minimum absolute atomic E-state index is 0.103. The second kappa shape index (κ2) is 10.4. The van der Waals surface area contributed by atoms with E-state index in [4.69, 9.17) is 26.7 Å². The van der Waals surface area contributed by atoms with Crippen molar-refractivity contribution >= 4 is 15.1 Å². The van der Waals surface area contributed by atoms with Crippen LogP contribution < -0.4 is 0 Å². The van der Waals surface area contributed by atoms with E-state index in [9.17, 15) is 0 Å². The Morgan fingerprint density at radius 2 is 1.00 bits per heavy atom. The van der Waals surface area contributed by atoms with Gasteiger partial charge >= 0.3 is 15.1 Å². The first kappa shape index (κ1) is 13.3. The molecule has 7 heteroatoms. The molecule has 13 heavy (non-hydrogen) atoms. The van der Waals surface area contributed by atoms with Gasteiger partial charge in [-0.3, -0.25) is 0 Å². The lowest BCUT2D eigenvalue weighted by atomic mass is 10.8. The van der Waals surface area contributed by atoms with Crippen molar-refractivity contribution < 1.29 is 26.7 Å². The van der Waals surface area contributed by atoms with Crippen LogP contribution in [0.3, 0.4) is 0 Å². The van der Waals surface area contributed by atoms with Gasteiger partial charge in [0.25, 0.3) is 0 Å². The van der Waals surface area contributed by atoms with E-state index < -0.39 is 15.1 Å². The molecule has 0 aliphatic carbocycles. The van der Waals surface area contributed by atoms with Gasteiger partial charge in [-0.25, -0.2) is 0 Å². The van der Waals surface area contributed by atoms with Gasteiger partial charge in [-0.2, -0.15) is 0 Å². The molecule has 0 amide bonds. The summed E-state index contributed by atoms with van der Waals surface area (Å²) in [4.78, 5) is 0. The van der Waals surface area contributed by atoms with Gasteiger partial charge in [-0.05, 0) is 0 Å². The molecule has 0 aliphatic rings. The Kier molecular flexibility index (Phi) is 10.6. The topological polar surface area (TPSA) is 88.4 Å². The maximum Gasteiger partial charge on any atom is 0.905 e. The summed E-state index contributed by atoms with van der Waals surface area (Å²) < 4.78 is 15.1. The van der Waals surface area contributed by atoms with Crippen molar-refractivity contribution in [1.29, 1.82) is 0 Å². The summed E-state index contributed by atoms with van der Waals surface area (Å²) in [7, 11) is 0.